The second-order valence-electron chi connectivity index (χ2n) is 3.79. The van der Waals surface area contributed by atoms with E-state index in [1.165, 1.54) is 11.8 Å². The van der Waals surface area contributed by atoms with Gasteiger partial charge in [-0.15, -0.1) is 0 Å². The van der Waals surface area contributed by atoms with Gasteiger partial charge < -0.3 is 10.4 Å². The minimum absolute atomic E-state index is 0.556. The van der Waals surface area contributed by atoms with E-state index >= 15 is 0 Å². The van der Waals surface area contributed by atoms with Gasteiger partial charge in [0, 0.05) is 12.4 Å². The quantitative estimate of drug-likeness (QED) is 0.817. The number of thioether (sulfide) groups is 1. The molecule has 0 aliphatic heterocycles. The van der Waals surface area contributed by atoms with Crippen molar-refractivity contribution in [1.82, 2.24) is 9.97 Å². The van der Waals surface area contributed by atoms with E-state index < -0.39 is 11.2 Å². The summed E-state index contributed by atoms with van der Waals surface area (Å²) in [5, 5.41) is 12.2. The molecular formula is C13H13N3O2S. The Hall–Kier alpha value is -2.08. The van der Waals surface area contributed by atoms with Crippen molar-refractivity contribution in [2.45, 2.75) is 17.2 Å². The van der Waals surface area contributed by atoms with Gasteiger partial charge >= 0.3 is 5.97 Å². The highest BCUT2D eigenvalue weighted by molar-refractivity contribution is 8.00. The molecule has 0 aliphatic rings. The van der Waals surface area contributed by atoms with E-state index in [9.17, 15) is 4.79 Å². The Morgan fingerprint density at radius 2 is 2.05 bits per heavy atom. The minimum Gasteiger partial charge on any atom is -0.480 e. The summed E-state index contributed by atoms with van der Waals surface area (Å²) in [4.78, 5) is 19.3. The normalized spacial score (nSPS) is 11.8. The van der Waals surface area contributed by atoms with Crippen molar-refractivity contribution >= 4 is 29.2 Å². The molecule has 2 N–H and O–H groups in total. The molecule has 19 heavy (non-hydrogen) atoms. The summed E-state index contributed by atoms with van der Waals surface area (Å²) in [6.45, 7) is 1.63. The smallest absolute Gasteiger partial charge is 0.316 e. The lowest BCUT2D eigenvalue weighted by Gasteiger charge is -2.11. The first-order chi connectivity index (χ1) is 9.16. The van der Waals surface area contributed by atoms with Crippen molar-refractivity contribution in [2.24, 2.45) is 0 Å². The molecule has 0 unspecified atom stereocenters. The van der Waals surface area contributed by atoms with E-state index in [1.54, 1.807) is 25.4 Å². The van der Waals surface area contributed by atoms with Crippen molar-refractivity contribution in [2.75, 3.05) is 5.32 Å². The number of aliphatic carboxylic acids is 1. The fraction of sp³-hybridized carbons (Fsp3) is 0.154. The first-order valence-electron chi connectivity index (χ1n) is 5.69. The molecule has 5 nitrogen and oxygen atoms in total. The van der Waals surface area contributed by atoms with Gasteiger partial charge in [0.25, 0.3) is 0 Å². The number of carboxylic acid groups (broad SMARTS) is 1. The standard InChI is InChI=1S/C13H13N3O2S/c1-9(13(17)18)19-12-10(5-4-8-15-12)16-11-6-2-3-7-14-11/h2-9H,1H3,(H,14,16)(H,17,18)/t9-/m0/s1. The van der Waals surface area contributed by atoms with Gasteiger partial charge in [-0.25, -0.2) is 9.97 Å². The van der Waals surface area contributed by atoms with Crippen LogP contribution in [0.3, 0.4) is 0 Å². The zero-order chi connectivity index (χ0) is 13.7. The van der Waals surface area contributed by atoms with Crippen molar-refractivity contribution in [3.8, 4) is 0 Å². The number of rotatable bonds is 5. The van der Waals surface area contributed by atoms with E-state index in [1.807, 2.05) is 24.3 Å². The molecule has 98 valence electrons. The Kier molecular flexibility index (Phi) is 4.35. The first-order valence-corrected chi connectivity index (χ1v) is 6.57. The number of nitrogens with zero attached hydrogens (tertiary/aromatic N) is 2. The molecule has 0 aliphatic carbocycles. The summed E-state index contributed by atoms with van der Waals surface area (Å²) in [6, 6.07) is 9.18. The highest BCUT2D eigenvalue weighted by atomic mass is 32.2. The molecule has 2 aromatic rings. The predicted molar refractivity (Wildman–Crippen MR) is 74.7 cm³/mol. The number of hydrogen-bond donors (Lipinski definition) is 2. The molecule has 1 atom stereocenters. The average Bonchev–Trinajstić information content (AvgIpc) is 2.42. The van der Waals surface area contributed by atoms with E-state index in [0.29, 0.717) is 10.8 Å². The van der Waals surface area contributed by atoms with E-state index in [2.05, 4.69) is 15.3 Å². The van der Waals surface area contributed by atoms with Crippen LogP contribution in [0.1, 0.15) is 6.92 Å². The molecule has 0 amide bonds. The SMILES string of the molecule is C[C@H](Sc1ncccc1Nc1ccccn1)C(=O)O. The predicted octanol–water partition coefficient (Wildman–Crippen LogP) is 2.79. The fourth-order valence-electron chi connectivity index (χ4n) is 1.37. The molecule has 0 bridgehead atoms. The Bertz CT molecular complexity index is 563. The number of nitrogens with one attached hydrogen (secondary N) is 1. The fourth-order valence-corrected chi connectivity index (χ4v) is 2.18. The monoisotopic (exact) mass is 275 g/mol. The number of aromatic nitrogens is 2. The Morgan fingerprint density at radius 3 is 2.74 bits per heavy atom. The van der Waals surface area contributed by atoms with Crippen LogP contribution in [0, 0.1) is 0 Å². The number of pyridine rings is 2. The third-order valence-electron chi connectivity index (χ3n) is 2.33. The van der Waals surface area contributed by atoms with E-state index in [0.717, 1.165) is 5.69 Å². The van der Waals surface area contributed by atoms with Crippen LogP contribution in [-0.4, -0.2) is 26.3 Å². The lowest BCUT2D eigenvalue weighted by atomic mass is 10.4. The lowest BCUT2D eigenvalue weighted by Crippen LogP contribution is -2.12. The highest BCUT2D eigenvalue weighted by Crippen LogP contribution is 2.29. The number of hydrogen-bond acceptors (Lipinski definition) is 5. The molecule has 0 aromatic carbocycles. The summed E-state index contributed by atoms with van der Waals surface area (Å²) in [7, 11) is 0. The highest BCUT2D eigenvalue weighted by Gasteiger charge is 2.15. The molecule has 0 saturated heterocycles. The summed E-state index contributed by atoms with van der Waals surface area (Å²) >= 11 is 1.20. The summed E-state index contributed by atoms with van der Waals surface area (Å²) in [5.41, 5.74) is 0.749. The van der Waals surface area contributed by atoms with Crippen molar-refractivity contribution in [3.05, 3.63) is 42.7 Å². The van der Waals surface area contributed by atoms with Gasteiger partial charge in [0.1, 0.15) is 16.1 Å². The summed E-state index contributed by atoms with van der Waals surface area (Å²) in [6.07, 6.45) is 3.33. The Labute approximate surface area is 115 Å². The van der Waals surface area contributed by atoms with Gasteiger partial charge in [0.15, 0.2) is 0 Å². The van der Waals surface area contributed by atoms with Crippen molar-refractivity contribution in [3.63, 3.8) is 0 Å². The van der Waals surface area contributed by atoms with Crippen LogP contribution in [0.25, 0.3) is 0 Å². The zero-order valence-electron chi connectivity index (χ0n) is 10.3. The first kappa shape index (κ1) is 13.4. The van der Waals surface area contributed by atoms with Crippen LogP contribution in [0.4, 0.5) is 11.5 Å². The van der Waals surface area contributed by atoms with Gasteiger partial charge in [-0.2, -0.15) is 0 Å². The molecule has 0 saturated carbocycles. The van der Waals surface area contributed by atoms with Crippen LogP contribution < -0.4 is 5.32 Å². The topological polar surface area (TPSA) is 75.1 Å². The second-order valence-corrected chi connectivity index (χ2v) is 5.12. The maximum Gasteiger partial charge on any atom is 0.316 e. The van der Waals surface area contributed by atoms with Gasteiger partial charge in [-0.05, 0) is 31.2 Å². The summed E-state index contributed by atoms with van der Waals surface area (Å²) in [5.74, 6) is -0.167. The van der Waals surface area contributed by atoms with Crippen LogP contribution in [-0.2, 0) is 4.79 Å². The molecule has 0 fully saturated rings. The van der Waals surface area contributed by atoms with Crippen LogP contribution in [0.5, 0.6) is 0 Å². The third kappa shape index (κ3) is 3.69. The molecule has 6 heteroatoms. The van der Waals surface area contributed by atoms with E-state index in [-0.39, 0.29) is 0 Å². The largest absolute Gasteiger partial charge is 0.480 e. The van der Waals surface area contributed by atoms with Gasteiger partial charge in [0.05, 0.1) is 5.69 Å². The number of carboxylic acids is 1. The van der Waals surface area contributed by atoms with Crippen LogP contribution in [0.15, 0.2) is 47.8 Å². The average molecular weight is 275 g/mol. The van der Waals surface area contributed by atoms with Gasteiger partial charge in [-0.3, -0.25) is 4.79 Å². The molecular weight excluding hydrogens is 262 g/mol. The molecule has 2 heterocycles. The van der Waals surface area contributed by atoms with Crippen molar-refractivity contribution in [1.29, 1.82) is 0 Å². The number of anilines is 2. The molecule has 0 radical (unpaired) electrons. The number of carbonyl (C=O) groups is 1. The Morgan fingerprint density at radius 1 is 1.26 bits per heavy atom. The molecule has 2 rings (SSSR count). The van der Waals surface area contributed by atoms with Crippen LogP contribution in [0.2, 0.25) is 0 Å². The lowest BCUT2D eigenvalue weighted by molar-refractivity contribution is -0.136. The summed E-state index contributed by atoms with van der Waals surface area (Å²) < 4.78 is 0. The maximum atomic E-state index is 10.9. The second kappa shape index (κ2) is 6.19. The van der Waals surface area contributed by atoms with Crippen molar-refractivity contribution < 1.29 is 9.90 Å². The Balaban J connectivity index is 2.19. The van der Waals surface area contributed by atoms with Gasteiger partial charge in [0.2, 0.25) is 0 Å². The third-order valence-corrected chi connectivity index (χ3v) is 3.44. The molecule has 2 aromatic heterocycles. The zero-order valence-corrected chi connectivity index (χ0v) is 11.1. The van der Waals surface area contributed by atoms with Gasteiger partial charge in [-0.1, -0.05) is 17.8 Å². The van der Waals surface area contributed by atoms with E-state index in [4.69, 9.17) is 5.11 Å². The maximum absolute atomic E-state index is 10.9. The van der Waals surface area contributed by atoms with Crippen LogP contribution >= 0.6 is 11.8 Å². The minimum atomic E-state index is -0.862. The molecule has 0 spiro atoms.